The number of amides is 2. The molecule has 5 nitrogen and oxygen atoms in total. The molecule has 2 aromatic carbocycles. The van der Waals surface area contributed by atoms with Crippen molar-refractivity contribution >= 4 is 17.5 Å². The smallest absolute Gasteiger partial charge is 0.277 e. The van der Waals surface area contributed by atoms with Crippen molar-refractivity contribution in [3.63, 3.8) is 0 Å². The molecule has 1 atom stereocenters. The largest absolute Gasteiger partial charge is 0.348 e. The second-order valence-electron chi connectivity index (χ2n) is 6.96. The highest BCUT2D eigenvalue weighted by Gasteiger charge is 2.32. The molecule has 28 heavy (non-hydrogen) atoms. The Kier molecular flexibility index (Phi) is 4.89. The third kappa shape index (κ3) is 3.51. The lowest BCUT2D eigenvalue weighted by Gasteiger charge is -2.22. The Hall–Kier alpha value is -3.47. The van der Waals surface area contributed by atoms with Gasteiger partial charge in [-0.05, 0) is 42.7 Å². The number of carbonyl (C=O) groups excluding carboxylic acids is 2. The van der Waals surface area contributed by atoms with E-state index >= 15 is 0 Å². The first kappa shape index (κ1) is 17.9. The first-order valence-electron chi connectivity index (χ1n) is 9.33. The Bertz CT molecular complexity index is 1020. The van der Waals surface area contributed by atoms with Crippen LogP contribution in [0.1, 0.15) is 38.9 Å². The normalized spacial score (nSPS) is 15.2. The SMILES string of the molecule is CC1Cc2ccccc2N1C(=O)c1cc(C(=O)NCc2ccccc2)ccn1. The standard InChI is InChI=1S/C23H21N3O2/c1-16-13-18-9-5-6-10-21(18)26(16)23(28)20-14-19(11-12-24-20)22(27)25-15-17-7-3-2-4-8-17/h2-12,14,16H,13,15H2,1H3,(H,25,27). The van der Waals surface area contributed by atoms with Crippen LogP contribution in [0, 0.1) is 0 Å². The summed E-state index contributed by atoms with van der Waals surface area (Å²) in [6, 6.07) is 20.8. The molecule has 0 aliphatic carbocycles. The number of benzene rings is 2. The molecule has 1 N–H and O–H groups in total. The van der Waals surface area contributed by atoms with Crippen molar-refractivity contribution in [3.05, 3.63) is 95.3 Å². The molecule has 4 rings (SSSR count). The molecule has 2 amide bonds. The summed E-state index contributed by atoms with van der Waals surface area (Å²) in [5, 5.41) is 2.88. The second-order valence-corrected chi connectivity index (χ2v) is 6.96. The van der Waals surface area contributed by atoms with E-state index < -0.39 is 0 Å². The van der Waals surface area contributed by atoms with E-state index in [4.69, 9.17) is 0 Å². The lowest BCUT2D eigenvalue weighted by atomic mass is 10.1. The molecule has 0 spiro atoms. The molecule has 0 bridgehead atoms. The Morgan fingerprint density at radius 3 is 2.64 bits per heavy atom. The Balaban J connectivity index is 1.52. The molecule has 0 saturated heterocycles. The van der Waals surface area contributed by atoms with Gasteiger partial charge in [0.15, 0.2) is 0 Å². The molecule has 140 valence electrons. The molecule has 1 unspecified atom stereocenters. The van der Waals surface area contributed by atoms with Gasteiger partial charge in [0.1, 0.15) is 5.69 Å². The van der Waals surface area contributed by atoms with Crippen LogP contribution in [-0.2, 0) is 13.0 Å². The third-order valence-corrected chi connectivity index (χ3v) is 4.96. The van der Waals surface area contributed by atoms with Crippen LogP contribution in [0.4, 0.5) is 5.69 Å². The summed E-state index contributed by atoms with van der Waals surface area (Å²) in [5.41, 5.74) is 3.79. The summed E-state index contributed by atoms with van der Waals surface area (Å²) in [6.07, 6.45) is 2.33. The number of aromatic nitrogens is 1. The van der Waals surface area contributed by atoms with Crippen LogP contribution >= 0.6 is 0 Å². The monoisotopic (exact) mass is 371 g/mol. The van der Waals surface area contributed by atoms with Crippen LogP contribution in [0.5, 0.6) is 0 Å². The molecule has 3 aromatic rings. The molecule has 0 radical (unpaired) electrons. The van der Waals surface area contributed by atoms with Gasteiger partial charge >= 0.3 is 0 Å². The zero-order valence-corrected chi connectivity index (χ0v) is 15.6. The van der Waals surface area contributed by atoms with Crippen molar-refractivity contribution in [3.8, 4) is 0 Å². The number of rotatable bonds is 4. The van der Waals surface area contributed by atoms with Gasteiger partial charge in [-0.1, -0.05) is 48.5 Å². The molecular formula is C23H21N3O2. The Morgan fingerprint density at radius 1 is 1.07 bits per heavy atom. The van der Waals surface area contributed by atoms with Gasteiger partial charge in [0.2, 0.25) is 0 Å². The maximum atomic E-state index is 13.1. The van der Waals surface area contributed by atoms with Crippen LogP contribution in [0.25, 0.3) is 0 Å². The topological polar surface area (TPSA) is 62.3 Å². The van der Waals surface area contributed by atoms with Crippen LogP contribution in [0.3, 0.4) is 0 Å². The molecule has 1 aromatic heterocycles. The number of pyridine rings is 1. The van der Waals surface area contributed by atoms with Gasteiger partial charge in [-0.2, -0.15) is 0 Å². The highest BCUT2D eigenvalue weighted by molar-refractivity contribution is 6.07. The second kappa shape index (κ2) is 7.64. The van der Waals surface area contributed by atoms with Crippen molar-refractivity contribution in [2.45, 2.75) is 25.9 Å². The predicted octanol–water partition coefficient (Wildman–Crippen LogP) is 3.60. The van der Waals surface area contributed by atoms with Gasteiger partial charge in [-0.25, -0.2) is 0 Å². The van der Waals surface area contributed by atoms with Crippen molar-refractivity contribution in [1.82, 2.24) is 10.3 Å². The quantitative estimate of drug-likeness (QED) is 0.762. The van der Waals surface area contributed by atoms with E-state index in [9.17, 15) is 9.59 Å². The maximum absolute atomic E-state index is 13.1. The number of hydrogen-bond acceptors (Lipinski definition) is 3. The average molecular weight is 371 g/mol. The number of para-hydroxylation sites is 1. The lowest BCUT2D eigenvalue weighted by Crippen LogP contribution is -2.36. The van der Waals surface area contributed by atoms with Gasteiger partial charge in [0, 0.05) is 30.0 Å². The molecular weight excluding hydrogens is 350 g/mol. The van der Waals surface area contributed by atoms with Crippen molar-refractivity contribution in [2.24, 2.45) is 0 Å². The van der Waals surface area contributed by atoms with Gasteiger partial charge in [0.25, 0.3) is 11.8 Å². The number of carbonyl (C=O) groups is 2. The van der Waals surface area contributed by atoms with Gasteiger partial charge in [-0.3, -0.25) is 14.6 Å². The van der Waals surface area contributed by atoms with E-state index in [1.807, 2.05) is 61.5 Å². The molecule has 0 saturated carbocycles. The van der Waals surface area contributed by atoms with Gasteiger partial charge < -0.3 is 10.2 Å². The molecule has 0 fully saturated rings. The van der Waals surface area contributed by atoms with E-state index in [0.29, 0.717) is 12.1 Å². The van der Waals surface area contributed by atoms with Crippen molar-refractivity contribution < 1.29 is 9.59 Å². The predicted molar refractivity (Wildman–Crippen MR) is 108 cm³/mol. The minimum atomic E-state index is -0.227. The van der Waals surface area contributed by atoms with Crippen molar-refractivity contribution in [2.75, 3.05) is 4.90 Å². The van der Waals surface area contributed by atoms with E-state index in [2.05, 4.69) is 10.3 Å². The minimum Gasteiger partial charge on any atom is -0.348 e. The first-order valence-corrected chi connectivity index (χ1v) is 9.33. The third-order valence-electron chi connectivity index (χ3n) is 4.96. The summed E-state index contributed by atoms with van der Waals surface area (Å²) in [5.74, 6) is -0.412. The average Bonchev–Trinajstić information content (AvgIpc) is 3.08. The van der Waals surface area contributed by atoms with Crippen LogP contribution in [-0.4, -0.2) is 22.8 Å². The molecule has 5 heteroatoms. The van der Waals surface area contributed by atoms with Gasteiger partial charge in [-0.15, -0.1) is 0 Å². The summed E-state index contributed by atoms with van der Waals surface area (Å²) < 4.78 is 0. The number of hydrogen-bond donors (Lipinski definition) is 1. The van der Waals surface area contributed by atoms with Gasteiger partial charge in [0.05, 0.1) is 0 Å². The number of fused-ring (bicyclic) bond motifs is 1. The summed E-state index contributed by atoms with van der Waals surface area (Å²) >= 11 is 0. The fourth-order valence-electron chi connectivity index (χ4n) is 3.57. The van der Waals surface area contributed by atoms with E-state index in [1.54, 1.807) is 17.0 Å². The summed E-state index contributed by atoms with van der Waals surface area (Å²) in [4.78, 5) is 31.6. The fourth-order valence-corrected chi connectivity index (χ4v) is 3.57. The minimum absolute atomic E-state index is 0.0577. The number of nitrogens with zero attached hydrogens (tertiary/aromatic N) is 2. The van der Waals surface area contributed by atoms with Crippen molar-refractivity contribution in [1.29, 1.82) is 0 Å². The zero-order chi connectivity index (χ0) is 19.5. The number of anilines is 1. The molecule has 1 aliphatic rings. The maximum Gasteiger partial charge on any atom is 0.277 e. The van der Waals surface area contributed by atoms with E-state index in [0.717, 1.165) is 23.2 Å². The van der Waals surface area contributed by atoms with Crippen LogP contribution in [0.15, 0.2) is 72.9 Å². The zero-order valence-electron chi connectivity index (χ0n) is 15.6. The Labute approximate surface area is 164 Å². The van der Waals surface area contributed by atoms with E-state index in [1.165, 1.54) is 6.20 Å². The lowest BCUT2D eigenvalue weighted by molar-refractivity contribution is 0.0951. The molecule has 2 heterocycles. The highest BCUT2D eigenvalue weighted by Crippen LogP contribution is 2.32. The Morgan fingerprint density at radius 2 is 1.82 bits per heavy atom. The van der Waals surface area contributed by atoms with Crippen LogP contribution in [0.2, 0.25) is 0 Å². The number of nitrogens with one attached hydrogen (secondary N) is 1. The first-order chi connectivity index (χ1) is 13.6. The molecule has 1 aliphatic heterocycles. The van der Waals surface area contributed by atoms with Crippen LogP contribution < -0.4 is 10.2 Å². The summed E-state index contributed by atoms with van der Waals surface area (Å²) in [7, 11) is 0. The summed E-state index contributed by atoms with van der Waals surface area (Å²) in [6.45, 7) is 2.45. The van der Waals surface area contributed by atoms with E-state index in [-0.39, 0.29) is 23.6 Å². The fraction of sp³-hybridized carbons (Fsp3) is 0.174. The highest BCUT2D eigenvalue weighted by atomic mass is 16.2.